The number of amides is 1. The predicted molar refractivity (Wildman–Crippen MR) is 101 cm³/mol. The Bertz CT molecular complexity index is 865. The zero-order valence-corrected chi connectivity index (χ0v) is 14.9. The Balaban J connectivity index is 1.65. The Labute approximate surface area is 154 Å². The summed E-state index contributed by atoms with van der Waals surface area (Å²) >= 11 is 1.85. The maximum atomic E-state index is 12.2. The molecule has 1 aliphatic rings. The van der Waals surface area contributed by atoms with E-state index in [1.165, 1.54) is 31.3 Å². The SMILES string of the molecule is Cc1c(C(=O)N/N=C\c2cccc(OC3CSC3)c2)cccc1[N+](=O)[O-]. The average Bonchev–Trinajstić information content (AvgIpc) is 2.58. The fraction of sp³-hybridized carbons (Fsp3) is 0.222. The zero-order valence-electron chi connectivity index (χ0n) is 14.0. The van der Waals surface area contributed by atoms with Gasteiger partial charge in [-0.25, -0.2) is 5.43 Å². The summed E-state index contributed by atoms with van der Waals surface area (Å²) in [4.78, 5) is 22.7. The molecule has 7 nitrogen and oxygen atoms in total. The third kappa shape index (κ3) is 4.20. The lowest BCUT2D eigenvalue weighted by molar-refractivity contribution is -0.385. The van der Waals surface area contributed by atoms with Crippen molar-refractivity contribution in [2.45, 2.75) is 13.0 Å². The van der Waals surface area contributed by atoms with Crippen molar-refractivity contribution in [1.82, 2.24) is 5.43 Å². The monoisotopic (exact) mass is 371 g/mol. The quantitative estimate of drug-likeness (QED) is 0.478. The van der Waals surface area contributed by atoms with Gasteiger partial charge in [-0.1, -0.05) is 18.2 Å². The molecule has 1 saturated heterocycles. The number of carbonyl (C=O) groups is 1. The molecule has 26 heavy (non-hydrogen) atoms. The summed E-state index contributed by atoms with van der Waals surface area (Å²) in [5, 5.41) is 14.9. The Morgan fingerprint density at radius 2 is 2.12 bits per heavy atom. The molecule has 2 aromatic carbocycles. The van der Waals surface area contributed by atoms with Gasteiger partial charge in [0.2, 0.25) is 0 Å². The van der Waals surface area contributed by atoms with Gasteiger partial charge in [-0.2, -0.15) is 16.9 Å². The molecular formula is C18H17N3O4S. The number of ether oxygens (including phenoxy) is 1. The van der Waals surface area contributed by atoms with Crippen LogP contribution in [-0.2, 0) is 0 Å². The van der Waals surface area contributed by atoms with E-state index in [0.717, 1.165) is 22.8 Å². The van der Waals surface area contributed by atoms with E-state index in [2.05, 4.69) is 10.5 Å². The lowest BCUT2D eigenvalue weighted by atomic mass is 10.1. The highest BCUT2D eigenvalue weighted by Crippen LogP contribution is 2.24. The summed E-state index contributed by atoms with van der Waals surface area (Å²) in [5.41, 5.74) is 3.61. The smallest absolute Gasteiger partial charge is 0.273 e. The lowest BCUT2D eigenvalue weighted by Gasteiger charge is -2.25. The molecule has 134 valence electrons. The van der Waals surface area contributed by atoms with Crippen LogP contribution in [0.4, 0.5) is 5.69 Å². The maximum Gasteiger partial charge on any atom is 0.273 e. The Hall–Kier alpha value is -2.87. The van der Waals surface area contributed by atoms with Gasteiger partial charge in [0, 0.05) is 23.1 Å². The van der Waals surface area contributed by atoms with Gasteiger partial charge in [0.05, 0.1) is 16.7 Å². The number of rotatable bonds is 6. The summed E-state index contributed by atoms with van der Waals surface area (Å²) in [7, 11) is 0. The van der Waals surface area contributed by atoms with E-state index < -0.39 is 10.8 Å². The summed E-state index contributed by atoms with van der Waals surface area (Å²) in [6.07, 6.45) is 1.76. The topological polar surface area (TPSA) is 93.8 Å². The Morgan fingerprint density at radius 3 is 2.81 bits per heavy atom. The summed E-state index contributed by atoms with van der Waals surface area (Å²) in [6.45, 7) is 1.54. The average molecular weight is 371 g/mol. The third-order valence-corrected chi connectivity index (χ3v) is 5.11. The van der Waals surface area contributed by atoms with E-state index in [4.69, 9.17) is 4.74 Å². The number of nitrogens with one attached hydrogen (secondary N) is 1. The van der Waals surface area contributed by atoms with Gasteiger partial charge in [-0.05, 0) is 30.7 Å². The molecule has 0 unspecified atom stereocenters. The molecule has 2 aromatic rings. The van der Waals surface area contributed by atoms with Crippen LogP contribution in [0.25, 0.3) is 0 Å². The lowest BCUT2D eigenvalue weighted by Crippen LogP contribution is -2.31. The minimum Gasteiger partial charge on any atom is -0.489 e. The first kappa shape index (κ1) is 17.9. The molecule has 1 heterocycles. The number of hydrogen-bond acceptors (Lipinski definition) is 6. The molecule has 0 saturated carbocycles. The number of nitro benzene ring substituents is 1. The van der Waals surface area contributed by atoms with E-state index in [1.54, 1.807) is 0 Å². The number of hydrogen-bond donors (Lipinski definition) is 1. The summed E-state index contributed by atoms with van der Waals surface area (Å²) in [6, 6.07) is 11.8. The first-order valence-corrected chi connectivity index (χ1v) is 9.12. The van der Waals surface area contributed by atoms with Gasteiger partial charge >= 0.3 is 0 Å². The molecule has 0 bridgehead atoms. The largest absolute Gasteiger partial charge is 0.489 e. The minimum atomic E-state index is -0.512. The predicted octanol–water partition coefficient (Wildman–Crippen LogP) is 3.16. The number of nitrogens with zero attached hydrogens (tertiary/aromatic N) is 2. The second-order valence-corrected chi connectivity index (χ2v) is 6.83. The van der Waals surface area contributed by atoms with Gasteiger partial charge in [-0.15, -0.1) is 0 Å². The number of hydrazone groups is 1. The molecule has 1 fully saturated rings. The molecule has 0 aromatic heterocycles. The van der Waals surface area contributed by atoms with Crippen molar-refractivity contribution in [3.63, 3.8) is 0 Å². The number of benzene rings is 2. The van der Waals surface area contributed by atoms with Crippen molar-refractivity contribution in [1.29, 1.82) is 0 Å². The van der Waals surface area contributed by atoms with E-state index >= 15 is 0 Å². The van der Waals surface area contributed by atoms with Crippen LogP contribution in [0.1, 0.15) is 21.5 Å². The van der Waals surface area contributed by atoms with Crippen LogP contribution in [0.2, 0.25) is 0 Å². The highest BCUT2D eigenvalue weighted by Gasteiger charge is 2.20. The molecule has 0 aliphatic carbocycles. The highest BCUT2D eigenvalue weighted by atomic mass is 32.2. The van der Waals surface area contributed by atoms with Crippen LogP contribution in [0, 0.1) is 17.0 Å². The van der Waals surface area contributed by atoms with Crippen LogP contribution in [0.15, 0.2) is 47.6 Å². The van der Waals surface area contributed by atoms with Crippen molar-refractivity contribution in [3.8, 4) is 5.75 Å². The number of carbonyl (C=O) groups excluding carboxylic acids is 1. The summed E-state index contributed by atoms with van der Waals surface area (Å²) in [5.74, 6) is 2.26. The second kappa shape index (κ2) is 8.01. The molecule has 1 aliphatic heterocycles. The van der Waals surface area contributed by atoms with Crippen molar-refractivity contribution in [2.75, 3.05) is 11.5 Å². The summed E-state index contributed by atoms with van der Waals surface area (Å²) < 4.78 is 5.81. The van der Waals surface area contributed by atoms with Crippen LogP contribution >= 0.6 is 11.8 Å². The van der Waals surface area contributed by atoms with Gasteiger partial charge in [0.25, 0.3) is 11.6 Å². The van der Waals surface area contributed by atoms with Gasteiger partial charge in [0.15, 0.2) is 0 Å². The maximum absolute atomic E-state index is 12.2. The highest BCUT2D eigenvalue weighted by molar-refractivity contribution is 8.00. The molecule has 3 rings (SSSR count). The fourth-order valence-corrected chi connectivity index (χ4v) is 3.00. The minimum absolute atomic E-state index is 0.0966. The standard InChI is InChI=1S/C18H17N3O4S/c1-12-16(6-3-7-17(12)21(23)24)18(22)20-19-9-13-4-2-5-14(8-13)25-15-10-26-11-15/h2-9,15H,10-11H2,1H3,(H,20,22)/b19-9-. The van der Waals surface area contributed by atoms with Gasteiger partial charge < -0.3 is 4.74 Å². The fourth-order valence-electron chi connectivity index (χ4n) is 2.44. The van der Waals surface area contributed by atoms with Gasteiger partial charge in [-0.3, -0.25) is 14.9 Å². The van der Waals surface area contributed by atoms with Crippen LogP contribution in [0.3, 0.4) is 0 Å². The van der Waals surface area contributed by atoms with Crippen molar-refractivity contribution in [3.05, 3.63) is 69.3 Å². The molecule has 0 atom stereocenters. The van der Waals surface area contributed by atoms with E-state index in [0.29, 0.717) is 5.56 Å². The number of thioether (sulfide) groups is 1. The zero-order chi connectivity index (χ0) is 18.5. The van der Waals surface area contributed by atoms with E-state index in [9.17, 15) is 14.9 Å². The molecule has 1 amide bonds. The Kier molecular flexibility index (Phi) is 5.52. The molecule has 8 heteroatoms. The second-order valence-electron chi connectivity index (χ2n) is 5.76. The van der Waals surface area contributed by atoms with E-state index in [-0.39, 0.29) is 17.4 Å². The third-order valence-electron chi connectivity index (χ3n) is 3.89. The molecule has 0 spiro atoms. The molecule has 0 radical (unpaired) electrons. The van der Waals surface area contributed by atoms with Gasteiger partial charge in [0.1, 0.15) is 11.9 Å². The number of nitro groups is 1. The normalized spacial score (nSPS) is 14.0. The van der Waals surface area contributed by atoms with E-state index in [1.807, 2.05) is 36.0 Å². The first-order chi connectivity index (χ1) is 12.5. The van der Waals surface area contributed by atoms with Crippen LogP contribution in [0.5, 0.6) is 5.75 Å². The molecule has 1 N–H and O–H groups in total. The first-order valence-electron chi connectivity index (χ1n) is 7.96. The molecular weight excluding hydrogens is 354 g/mol. The van der Waals surface area contributed by atoms with Crippen molar-refractivity contribution >= 4 is 29.6 Å². The van der Waals surface area contributed by atoms with Crippen molar-refractivity contribution in [2.24, 2.45) is 5.10 Å². The Morgan fingerprint density at radius 1 is 1.35 bits per heavy atom. The van der Waals surface area contributed by atoms with Crippen LogP contribution < -0.4 is 10.2 Å². The van der Waals surface area contributed by atoms with Crippen LogP contribution in [-0.4, -0.2) is 34.7 Å². The van der Waals surface area contributed by atoms with Crippen molar-refractivity contribution < 1.29 is 14.5 Å².